The van der Waals surface area contributed by atoms with Crippen LogP contribution in [0.4, 0.5) is 0 Å². The second kappa shape index (κ2) is 3.29. The fourth-order valence-corrected chi connectivity index (χ4v) is 1.20. The van der Waals surface area contributed by atoms with E-state index in [4.69, 9.17) is 5.41 Å². The second-order valence-electron chi connectivity index (χ2n) is 4.21. The number of hydrogen-bond acceptors (Lipinski definition) is 2. The lowest BCUT2D eigenvalue weighted by Gasteiger charge is -2.22. The Morgan fingerprint density at radius 2 is 1.85 bits per heavy atom. The van der Waals surface area contributed by atoms with Gasteiger partial charge in [0, 0.05) is 7.05 Å². The van der Waals surface area contributed by atoms with Crippen LogP contribution in [0.3, 0.4) is 0 Å². The standard InChI is InChI=1S/C11H16N2/c1-11(2,3)8-5-6-10(13-4)9(12)7-8/h5-7,12H,1-4H3/b12-9?,13-10-. The number of nitrogens with one attached hydrogen (secondary N) is 1. The zero-order valence-corrected chi connectivity index (χ0v) is 8.68. The van der Waals surface area contributed by atoms with Gasteiger partial charge in [-0.3, -0.25) is 10.4 Å². The van der Waals surface area contributed by atoms with Gasteiger partial charge in [-0.15, -0.1) is 0 Å². The van der Waals surface area contributed by atoms with Crippen molar-refractivity contribution >= 4 is 11.4 Å². The van der Waals surface area contributed by atoms with Gasteiger partial charge in [0.15, 0.2) is 0 Å². The van der Waals surface area contributed by atoms with Gasteiger partial charge in [-0.1, -0.05) is 26.8 Å². The van der Waals surface area contributed by atoms with Gasteiger partial charge in [0.2, 0.25) is 0 Å². The third kappa shape index (κ3) is 2.14. The van der Waals surface area contributed by atoms with Crippen LogP contribution in [0.2, 0.25) is 0 Å². The Bertz CT molecular complexity index is 311. The molecule has 1 rings (SSSR count). The summed E-state index contributed by atoms with van der Waals surface area (Å²) in [7, 11) is 1.71. The highest BCUT2D eigenvalue weighted by Crippen LogP contribution is 2.27. The molecular weight excluding hydrogens is 160 g/mol. The van der Waals surface area contributed by atoms with Crippen LogP contribution in [0.15, 0.2) is 28.8 Å². The van der Waals surface area contributed by atoms with Crippen LogP contribution >= 0.6 is 0 Å². The Morgan fingerprint density at radius 3 is 2.23 bits per heavy atom. The van der Waals surface area contributed by atoms with Crippen molar-refractivity contribution in [2.75, 3.05) is 7.05 Å². The van der Waals surface area contributed by atoms with Gasteiger partial charge in [0.05, 0.1) is 11.4 Å². The molecule has 0 atom stereocenters. The zero-order chi connectivity index (χ0) is 10.1. The lowest BCUT2D eigenvalue weighted by molar-refractivity contribution is 0.517. The molecule has 0 spiro atoms. The average Bonchev–Trinajstić information content (AvgIpc) is 2.02. The first kappa shape index (κ1) is 9.90. The Hall–Kier alpha value is -1.18. The number of nitrogens with zero attached hydrogens (tertiary/aromatic N) is 1. The number of rotatable bonds is 0. The molecule has 2 nitrogen and oxygen atoms in total. The third-order valence-corrected chi connectivity index (χ3v) is 2.10. The van der Waals surface area contributed by atoms with E-state index in [2.05, 4.69) is 25.8 Å². The first-order valence-electron chi connectivity index (χ1n) is 4.41. The minimum atomic E-state index is 0.113. The van der Waals surface area contributed by atoms with E-state index in [-0.39, 0.29) is 5.41 Å². The molecule has 1 aliphatic rings. The first-order chi connectivity index (χ1) is 5.95. The highest BCUT2D eigenvalue weighted by molar-refractivity contribution is 6.50. The highest BCUT2D eigenvalue weighted by atomic mass is 14.7. The van der Waals surface area contributed by atoms with Crippen molar-refractivity contribution < 1.29 is 0 Å². The van der Waals surface area contributed by atoms with E-state index in [1.807, 2.05) is 18.2 Å². The number of allylic oxidation sites excluding steroid dienone is 4. The van der Waals surface area contributed by atoms with Gasteiger partial charge < -0.3 is 0 Å². The average molecular weight is 176 g/mol. The van der Waals surface area contributed by atoms with E-state index < -0.39 is 0 Å². The maximum atomic E-state index is 7.70. The largest absolute Gasteiger partial charge is 0.299 e. The first-order valence-corrected chi connectivity index (χ1v) is 4.41. The van der Waals surface area contributed by atoms with Gasteiger partial charge >= 0.3 is 0 Å². The van der Waals surface area contributed by atoms with Gasteiger partial charge in [0.25, 0.3) is 0 Å². The quantitative estimate of drug-likeness (QED) is 0.551. The molecule has 0 radical (unpaired) electrons. The van der Waals surface area contributed by atoms with Crippen molar-refractivity contribution in [2.45, 2.75) is 20.8 Å². The number of hydrogen-bond donors (Lipinski definition) is 1. The van der Waals surface area contributed by atoms with Crippen LogP contribution in [-0.4, -0.2) is 18.5 Å². The van der Waals surface area contributed by atoms with E-state index in [1.165, 1.54) is 5.57 Å². The van der Waals surface area contributed by atoms with E-state index >= 15 is 0 Å². The smallest absolute Gasteiger partial charge is 0.0820 e. The van der Waals surface area contributed by atoms with Crippen molar-refractivity contribution in [3.63, 3.8) is 0 Å². The summed E-state index contributed by atoms with van der Waals surface area (Å²) in [6.45, 7) is 6.43. The van der Waals surface area contributed by atoms with Crippen LogP contribution in [0, 0.1) is 10.8 Å². The van der Waals surface area contributed by atoms with Crippen molar-refractivity contribution in [2.24, 2.45) is 10.4 Å². The summed E-state index contributed by atoms with van der Waals surface area (Å²) >= 11 is 0. The Morgan fingerprint density at radius 1 is 1.23 bits per heavy atom. The van der Waals surface area contributed by atoms with Gasteiger partial charge in [0.1, 0.15) is 0 Å². The summed E-state index contributed by atoms with van der Waals surface area (Å²) in [4.78, 5) is 4.01. The maximum Gasteiger partial charge on any atom is 0.0820 e. The summed E-state index contributed by atoms with van der Waals surface area (Å²) in [5.41, 5.74) is 2.56. The van der Waals surface area contributed by atoms with Crippen LogP contribution < -0.4 is 0 Å². The monoisotopic (exact) mass is 176 g/mol. The maximum absolute atomic E-state index is 7.70. The number of aliphatic imine (C=N–C) groups is 1. The zero-order valence-electron chi connectivity index (χ0n) is 8.68. The molecule has 0 bridgehead atoms. The summed E-state index contributed by atoms with van der Waals surface area (Å²) in [6, 6.07) is 0. The minimum absolute atomic E-state index is 0.113. The highest BCUT2D eigenvalue weighted by Gasteiger charge is 2.18. The van der Waals surface area contributed by atoms with Crippen molar-refractivity contribution in [1.82, 2.24) is 0 Å². The molecule has 0 fully saturated rings. The second-order valence-corrected chi connectivity index (χ2v) is 4.21. The Kier molecular flexibility index (Phi) is 2.50. The van der Waals surface area contributed by atoms with Gasteiger partial charge in [-0.25, -0.2) is 0 Å². The molecule has 70 valence electrons. The summed E-state index contributed by atoms with van der Waals surface area (Å²) in [6.07, 6.45) is 5.84. The fourth-order valence-electron chi connectivity index (χ4n) is 1.20. The molecule has 13 heavy (non-hydrogen) atoms. The van der Waals surface area contributed by atoms with E-state index in [1.54, 1.807) is 7.05 Å². The Balaban J connectivity index is 3.00. The minimum Gasteiger partial charge on any atom is -0.299 e. The molecule has 0 heterocycles. The molecule has 1 N–H and O–H groups in total. The van der Waals surface area contributed by atoms with Crippen molar-refractivity contribution in [1.29, 1.82) is 5.41 Å². The molecule has 0 unspecified atom stereocenters. The van der Waals surface area contributed by atoms with Crippen LogP contribution in [-0.2, 0) is 0 Å². The van der Waals surface area contributed by atoms with Crippen molar-refractivity contribution in [3.8, 4) is 0 Å². The van der Waals surface area contributed by atoms with E-state index in [0.29, 0.717) is 5.71 Å². The van der Waals surface area contributed by atoms with Gasteiger partial charge in [-0.2, -0.15) is 0 Å². The molecule has 0 saturated carbocycles. The van der Waals surface area contributed by atoms with Crippen LogP contribution in [0.1, 0.15) is 20.8 Å². The predicted molar refractivity (Wildman–Crippen MR) is 57.8 cm³/mol. The molecule has 1 aliphatic carbocycles. The third-order valence-electron chi connectivity index (χ3n) is 2.10. The van der Waals surface area contributed by atoms with Crippen LogP contribution in [0.25, 0.3) is 0 Å². The van der Waals surface area contributed by atoms with Gasteiger partial charge in [-0.05, 0) is 23.1 Å². The lowest BCUT2D eigenvalue weighted by Crippen LogP contribution is -2.17. The summed E-state index contributed by atoms with van der Waals surface area (Å²) in [5.74, 6) is 0. The summed E-state index contributed by atoms with van der Waals surface area (Å²) < 4.78 is 0. The Labute approximate surface area is 79.6 Å². The molecule has 2 heteroatoms. The molecule has 0 aliphatic heterocycles. The lowest BCUT2D eigenvalue weighted by atomic mass is 9.83. The molecule has 0 aromatic heterocycles. The topological polar surface area (TPSA) is 36.2 Å². The molecule has 0 aromatic rings. The molecule has 0 saturated heterocycles. The van der Waals surface area contributed by atoms with E-state index in [0.717, 1.165) is 5.71 Å². The normalized spacial score (nSPS) is 20.8. The van der Waals surface area contributed by atoms with E-state index in [9.17, 15) is 0 Å². The summed E-state index contributed by atoms with van der Waals surface area (Å²) in [5, 5.41) is 7.70. The predicted octanol–water partition coefficient (Wildman–Crippen LogP) is 2.62. The van der Waals surface area contributed by atoms with Crippen LogP contribution in [0.5, 0.6) is 0 Å². The SMILES string of the molecule is C/N=C1/C=CC(C(C)(C)C)=CC1=N. The molecular formula is C11H16N2. The molecule has 0 amide bonds. The van der Waals surface area contributed by atoms with Crippen molar-refractivity contribution in [3.05, 3.63) is 23.8 Å². The molecule has 0 aromatic carbocycles. The fraction of sp³-hybridized carbons (Fsp3) is 0.455.